The van der Waals surface area contributed by atoms with E-state index in [0.717, 1.165) is 42.0 Å². The molecular weight excluding hydrogens is 498 g/mol. The first-order valence-electron chi connectivity index (χ1n) is 12.5. The van der Waals surface area contributed by atoms with Gasteiger partial charge in [0.2, 0.25) is 5.82 Å². The van der Waals surface area contributed by atoms with Crippen LogP contribution in [0.25, 0.3) is 11.4 Å². The number of aliphatic hydroxyl groups is 1. The number of carbonyl (C=O) groups is 1. The second-order valence-electron chi connectivity index (χ2n) is 9.84. The third kappa shape index (κ3) is 6.48. The van der Waals surface area contributed by atoms with E-state index in [0.29, 0.717) is 37.8 Å². The number of rotatable bonds is 10. The molecule has 2 fully saturated rings. The summed E-state index contributed by atoms with van der Waals surface area (Å²) >= 11 is 6.01. The van der Waals surface area contributed by atoms with Crippen LogP contribution < -0.4 is 0 Å². The summed E-state index contributed by atoms with van der Waals surface area (Å²) in [6.45, 7) is 2.50. The number of aromatic nitrogens is 2. The van der Waals surface area contributed by atoms with Crippen molar-refractivity contribution in [1.29, 1.82) is 0 Å². The van der Waals surface area contributed by atoms with E-state index in [1.54, 1.807) is 0 Å². The third-order valence-electron chi connectivity index (χ3n) is 7.10. The molecule has 5 rings (SSSR count). The third-order valence-corrected chi connectivity index (χ3v) is 7.35. The van der Waals surface area contributed by atoms with Gasteiger partial charge in [-0.25, -0.2) is 4.79 Å². The number of halogens is 1. The summed E-state index contributed by atoms with van der Waals surface area (Å²) in [6.07, 6.45) is 1.37. The molecular formula is C27H30ClN3O6. The summed E-state index contributed by atoms with van der Waals surface area (Å²) in [5, 5.41) is 24.3. The van der Waals surface area contributed by atoms with Gasteiger partial charge in [-0.1, -0.05) is 53.2 Å². The molecule has 37 heavy (non-hydrogen) atoms. The van der Waals surface area contributed by atoms with Gasteiger partial charge in [-0.2, -0.15) is 4.98 Å². The number of carboxylic acid groups (broad SMARTS) is 1. The molecule has 10 heteroatoms. The van der Waals surface area contributed by atoms with Gasteiger partial charge in [0, 0.05) is 29.1 Å². The van der Waals surface area contributed by atoms with Crippen LogP contribution in [-0.4, -0.2) is 63.8 Å². The molecule has 0 spiro atoms. The molecule has 1 aliphatic carbocycles. The van der Waals surface area contributed by atoms with Crippen molar-refractivity contribution in [2.45, 2.75) is 49.9 Å². The van der Waals surface area contributed by atoms with Crippen LogP contribution in [0.1, 0.15) is 48.8 Å². The van der Waals surface area contributed by atoms with Gasteiger partial charge in [0.05, 0.1) is 12.7 Å². The van der Waals surface area contributed by atoms with Crippen molar-refractivity contribution in [3.63, 3.8) is 0 Å². The minimum atomic E-state index is -1.26. The molecule has 2 heterocycles. The zero-order chi connectivity index (χ0) is 25.8. The summed E-state index contributed by atoms with van der Waals surface area (Å²) in [7, 11) is 0. The van der Waals surface area contributed by atoms with E-state index in [-0.39, 0.29) is 18.1 Å². The standard InChI is InChI=1S/C27H30ClN3O6/c28-21-9-7-20(8-10-21)27(11-12-27)17-35-16-24-29-25(30-37-24)19-5-3-18(4-6-19)23(32)15-31-13-1-2-22(14-31)36-26(33)34/h3-10,22-23,32H,1-2,11-17H2,(H,33,34)/t22-,23?/m0/s1. The monoisotopic (exact) mass is 527 g/mol. The Morgan fingerprint density at radius 1 is 1.19 bits per heavy atom. The summed E-state index contributed by atoms with van der Waals surface area (Å²) in [6, 6.07) is 15.3. The summed E-state index contributed by atoms with van der Waals surface area (Å²) in [5.41, 5.74) is 2.81. The van der Waals surface area contributed by atoms with Crippen LogP contribution in [0.3, 0.4) is 0 Å². The van der Waals surface area contributed by atoms with E-state index in [1.165, 1.54) is 5.56 Å². The molecule has 196 valence electrons. The predicted octanol–water partition coefficient (Wildman–Crippen LogP) is 4.83. The number of β-amino-alcohol motifs (C(OH)–C–C–N with tert-alkyl or cyclic N) is 1. The lowest BCUT2D eigenvalue weighted by molar-refractivity contribution is 0.00215. The second-order valence-corrected chi connectivity index (χ2v) is 10.3. The van der Waals surface area contributed by atoms with Gasteiger partial charge < -0.3 is 24.2 Å². The average Bonchev–Trinajstić information content (AvgIpc) is 3.52. The number of hydrogen-bond donors (Lipinski definition) is 2. The molecule has 1 unspecified atom stereocenters. The molecule has 2 aliphatic rings. The molecule has 1 saturated carbocycles. The predicted molar refractivity (Wildman–Crippen MR) is 135 cm³/mol. The first-order valence-corrected chi connectivity index (χ1v) is 12.8. The minimum Gasteiger partial charge on any atom is -0.450 e. The smallest absolute Gasteiger partial charge is 0.450 e. The number of ether oxygens (including phenoxy) is 2. The van der Waals surface area contributed by atoms with Crippen molar-refractivity contribution in [3.8, 4) is 11.4 Å². The Balaban J connectivity index is 1.12. The van der Waals surface area contributed by atoms with Crippen LogP contribution in [0.15, 0.2) is 53.1 Å². The van der Waals surface area contributed by atoms with Crippen molar-refractivity contribution in [2.24, 2.45) is 0 Å². The molecule has 0 radical (unpaired) electrons. The number of nitrogens with zero attached hydrogens (tertiary/aromatic N) is 3. The van der Waals surface area contributed by atoms with E-state index in [9.17, 15) is 9.90 Å². The van der Waals surface area contributed by atoms with E-state index >= 15 is 0 Å². The second kappa shape index (κ2) is 11.2. The Bertz CT molecular complexity index is 1200. The molecule has 3 aromatic rings. The Morgan fingerprint density at radius 2 is 1.95 bits per heavy atom. The van der Waals surface area contributed by atoms with E-state index in [1.807, 2.05) is 41.3 Å². The largest absolute Gasteiger partial charge is 0.506 e. The number of piperidine rings is 1. The fourth-order valence-corrected chi connectivity index (χ4v) is 4.98. The quantitative estimate of drug-likeness (QED) is 0.357. The fraction of sp³-hybridized carbons (Fsp3) is 0.444. The highest BCUT2D eigenvalue weighted by Gasteiger charge is 2.44. The summed E-state index contributed by atoms with van der Waals surface area (Å²) in [4.78, 5) is 17.3. The Labute approximate surface area is 220 Å². The van der Waals surface area contributed by atoms with Gasteiger partial charge in [0.15, 0.2) is 0 Å². The number of benzene rings is 2. The van der Waals surface area contributed by atoms with Crippen molar-refractivity contribution in [1.82, 2.24) is 15.0 Å². The average molecular weight is 528 g/mol. The lowest BCUT2D eigenvalue weighted by Gasteiger charge is -2.33. The lowest BCUT2D eigenvalue weighted by atomic mass is 9.97. The van der Waals surface area contributed by atoms with Gasteiger partial charge in [-0.05, 0) is 55.5 Å². The highest BCUT2D eigenvalue weighted by molar-refractivity contribution is 6.30. The van der Waals surface area contributed by atoms with Crippen LogP contribution in [0, 0.1) is 0 Å². The van der Waals surface area contributed by atoms with Crippen LogP contribution >= 0.6 is 11.6 Å². The maximum Gasteiger partial charge on any atom is 0.506 e. The molecule has 2 N–H and O–H groups in total. The molecule has 2 aromatic carbocycles. The van der Waals surface area contributed by atoms with Gasteiger partial charge in [0.1, 0.15) is 12.7 Å². The van der Waals surface area contributed by atoms with Crippen LogP contribution in [0.2, 0.25) is 5.02 Å². The molecule has 0 amide bonds. The molecule has 1 aliphatic heterocycles. The Kier molecular flexibility index (Phi) is 7.76. The van der Waals surface area contributed by atoms with E-state index in [2.05, 4.69) is 22.3 Å². The zero-order valence-corrected chi connectivity index (χ0v) is 21.1. The first-order chi connectivity index (χ1) is 17.9. The van der Waals surface area contributed by atoms with Crippen molar-refractivity contribution < 1.29 is 29.0 Å². The molecule has 2 atom stereocenters. The van der Waals surface area contributed by atoms with Crippen LogP contribution in [0.4, 0.5) is 4.79 Å². The Morgan fingerprint density at radius 3 is 2.65 bits per heavy atom. The lowest BCUT2D eigenvalue weighted by Crippen LogP contribution is -2.42. The summed E-state index contributed by atoms with van der Waals surface area (Å²) < 4.78 is 16.2. The maximum absolute atomic E-state index is 10.8. The minimum absolute atomic E-state index is 0.0441. The molecule has 1 aromatic heterocycles. The number of likely N-dealkylation sites (tertiary alicyclic amines) is 1. The van der Waals surface area contributed by atoms with E-state index in [4.69, 9.17) is 30.7 Å². The van der Waals surface area contributed by atoms with Gasteiger partial charge >= 0.3 is 6.16 Å². The van der Waals surface area contributed by atoms with Crippen LogP contribution in [-0.2, 0) is 21.5 Å². The molecule has 9 nitrogen and oxygen atoms in total. The van der Waals surface area contributed by atoms with Crippen molar-refractivity contribution >= 4 is 17.8 Å². The Hall–Kier alpha value is -2.98. The van der Waals surface area contributed by atoms with Gasteiger partial charge in [-0.15, -0.1) is 0 Å². The molecule has 0 bridgehead atoms. The normalized spacial score (nSPS) is 19.9. The van der Waals surface area contributed by atoms with E-state index < -0.39 is 12.3 Å². The first kappa shape index (κ1) is 25.7. The number of aliphatic hydroxyl groups excluding tert-OH is 1. The van der Waals surface area contributed by atoms with Gasteiger partial charge in [-0.3, -0.25) is 4.90 Å². The summed E-state index contributed by atoms with van der Waals surface area (Å²) in [5.74, 6) is 0.873. The van der Waals surface area contributed by atoms with Crippen molar-refractivity contribution in [2.75, 3.05) is 26.2 Å². The molecule has 1 saturated heterocycles. The number of hydrogen-bond acceptors (Lipinski definition) is 8. The topological polar surface area (TPSA) is 118 Å². The SMILES string of the molecule is O=C(O)O[C@H]1CCCN(CC(O)c2ccc(-c3noc(COCC4(c5ccc(Cl)cc5)CC4)n3)cc2)C1. The van der Waals surface area contributed by atoms with Crippen LogP contribution in [0.5, 0.6) is 0 Å². The fourth-order valence-electron chi connectivity index (χ4n) is 4.86. The highest BCUT2D eigenvalue weighted by atomic mass is 35.5. The highest BCUT2D eigenvalue weighted by Crippen LogP contribution is 2.48. The maximum atomic E-state index is 10.8. The van der Waals surface area contributed by atoms with Crippen molar-refractivity contribution in [3.05, 3.63) is 70.6 Å². The van der Waals surface area contributed by atoms with Gasteiger partial charge in [0.25, 0.3) is 5.89 Å². The zero-order valence-electron chi connectivity index (χ0n) is 20.4.